The predicted molar refractivity (Wildman–Crippen MR) is 76.3 cm³/mol. The number of nitrogens with zero attached hydrogens (tertiary/aromatic N) is 1. The van der Waals surface area contributed by atoms with Crippen molar-refractivity contribution in [3.8, 4) is 0 Å². The Morgan fingerprint density at radius 2 is 1.72 bits per heavy atom. The summed E-state index contributed by atoms with van der Waals surface area (Å²) < 4.78 is 16.9. The van der Waals surface area contributed by atoms with Gasteiger partial charge >= 0.3 is 0 Å². The minimum atomic E-state index is -0.257. The van der Waals surface area contributed by atoms with E-state index in [0.29, 0.717) is 10.0 Å². The molecule has 0 radical (unpaired) electrons. The molecule has 0 amide bonds. The molecule has 18 heavy (non-hydrogen) atoms. The molecule has 0 saturated heterocycles. The van der Waals surface area contributed by atoms with Crippen LogP contribution in [0, 0.1) is 5.82 Å². The van der Waals surface area contributed by atoms with Crippen molar-refractivity contribution in [1.82, 2.24) is 0 Å². The lowest BCUT2D eigenvalue weighted by molar-refractivity contribution is 0.626. The summed E-state index contributed by atoms with van der Waals surface area (Å²) in [5.74, 6) is -0.257. The van der Waals surface area contributed by atoms with Crippen molar-refractivity contribution in [3.63, 3.8) is 0 Å². The molecular formula is C13H8Cl2FNS. The number of benzene rings is 2. The molecule has 0 bridgehead atoms. The van der Waals surface area contributed by atoms with Gasteiger partial charge in [-0.3, -0.25) is 0 Å². The van der Waals surface area contributed by atoms with Crippen LogP contribution in [0.1, 0.15) is 5.56 Å². The van der Waals surface area contributed by atoms with Gasteiger partial charge in [0.25, 0.3) is 0 Å². The first-order chi connectivity index (χ1) is 8.65. The average molecular weight is 300 g/mol. The lowest BCUT2D eigenvalue weighted by Gasteiger charge is -1.97. The van der Waals surface area contributed by atoms with Crippen LogP contribution in [0.3, 0.4) is 0 Å². The molecule has 92 valence electrons. The highest BCUT2D eigenvalue weighted by Crippen LogP contribution is 2.23. The molecular weight excluding hydrogens is 292 g/mol. The topological polar surface area (TPSA) is 12.4 Å². The lowest BCUT2D eigenvalue weighted by Crippen LogP contribution is -1.80. The predicted octanol–water partition coefficient (Wildman–Crippen LogP) is 5.26. The van der Waals surface area contributed by atoms with Crippen LogP contribution in [0.4, 0.5) is 4.39 Å². The van der Waals surface area contributed by atoms with Gasteiger partial charge in [0.2, 0.25) is 0 Å². The van der Waals surface area contributed by atoms with Crippen molar-refractivity contribution in [2.75, 3.05) is 0 Å². The maximum Gasteiger partial charge on any atom is 0.123 e. The summed E-state index contributed by atoms with van der Waals surface area (Å²) in [4.78, 5) is 0.868. The van der Waals surface area contributed by atoms with Crippen LogP contribution in [0.15, 0.2) is 51.8 Å². The summed E-state index contributed by atoms with van der Waals surface area (Å²) in [6, 6.07) is 11.4. The van der Waals surface area contributed by atoms with E-state index in [1.165, 1.54) is 24.1 Å². The summed E-state index contributed by atoms with van der Waals surface area (Å²) in [6.45, 7) is 0. The second-order valence-corrected chi connectivity index (χ2v) is 5.13. The maximum atomic E-state index is 12.7. The van der Waals surface area contributed by atoms with Crippen LogP contribution < -0.4 is 0 Å². The second kappa shape index (κ2) is 6.23. The monoisotopic (exact) mass is 299 g/mol. The highest BCUT2D eigenvalue weighted by Gasteiger charge is 1.97. The third-order valence-corrected chi connectivity index (χ3v) is 3.55. The average Bonchev–Trinajstić information content (AvgIpc) is 2.36. The summed E-state index contributed by atoms with van der Waals surface area (Å²) in [5.41, 5.74) is 0.860. The van der Waals surface area contributed by atoms with Gasteiger partial charge in [-0.05, 0) is 42.0 Å². The van der Waals surface area contributed by atoms with Gasteiger partial charge in [-0.25, -0.2) is 8.79 Å². The van der Waals surface area contributed by atoms with Crippen LogP contribution in [-0.2, 0) is 0 Å². The zero-order chi connectivity index (χ0) is 13.0. The molecule has 0 N–H and O–H groups in total. The van der Waals surface area contributed by atoms with Crippen LogP contribution in [0.5, 0.6) is 0 Å². The van der Waals surface area contributed by atoms with E-state index in [0.717, 1.165) is 10.5 Å². The van der Waals surface area contributed by atoms with E-state index in [2.05, 4.69) is 4.40 Å². The standard InChI is InChI=1S/C13H8Cl2FNS/c14-12-6-1-9(7-13(12)15)8-17-18-11-4-2-10(16)3-5-11/h1-8H/b17-8+. The Labute approximate surface area is 119 Å². The first kappa shape index (κ1) is 13.4. The Bertz CT molecular complexity index is 570. The van der Waals surface area contributed by atoms with Gasteiger partial charge in [0.15, 0.2) is 0 Å². The fourth-order valence-corrected chi connectivity index (χ4v) is 2.10. The molecule has 2 aromatic rings. The number of rotatable bonds is 3. The molecule has 0 spiro atoms. The Kier molecular flexibility index (Phi) is 4.64. The zero-order valence-corrected chi connectivity index (χ0v) is 11.4. The number of hydrogen-bond donors (Lipinski definition) is 0. The quantitative estimate of drug-likeness (QED) is 0.556. The van der Waals surface area contributed by atoms with Crippen LogP contribution in [0.25, 0.3) is 0 Å². The summed E-state index contributed by atoms with van der Waals surface area (Å²) in [7, 11) is 0. The van der Waals surface area contributed by atoms with E-state index in [-0.39, 0.29) is 5.82 Å². The first-order valence-corrected chi connectivity index (χ1v) is 6.59. The molecule has 0 heterocycles. The third kappa shape index (κ3) is 3.73. The van der Waals surface area contributed by atoms with Crippen LogP contribution in [-0.4, -0.2) is 6.21 Å². The largest absolute Gasteiger partial charge is 0.219 e. The zero-order valence-electron chi connectivity index (χ0n) is 9.11. The molecule has 0 fully saturated rings. The first-order valence-electron chi connectivity index (χ1n) is 5.06. The molecule has 0 unspecified atom stereocenters. The SMILES string of the molecule is Fc1ccc(S/N=C/c2ccc(Cl)c(Cl)c2)cc1. The van der Waals surface area contributed by atoms with Gasteiger partial charge in [0, 0.05) is 23.1 Å². The van der Waals surface area contributed by atoms with Crippen LogP contribution >= 0.6 is 35.1 Å². The molecule has 2 aromatic carbocycles. The van der Waals surface area contributed by atoms with Crippen LogP contribution in [0.2, 0.25) is 10.0 Å². The van der Waals surface area contributed by atoms with Gasteiger partial charge in [0.1, 0.15) is 5.82 Å². The van der Waals surface area contributed by atoms with Crippen molar-refractivity contribution in [2.24, 2.45) is 4.40 Å². The highest BCUT2D eigenvalue weighted by atomic mass is 35.5. The van der Waals surface area contributed by atoms with Crippen molar-refractivity contribution in [2.45, 2.75) is 4.90 Å². The second-order valence-electron chi connectivity index (χ2n) is 3.45. The molecule has 0 atom stereocenters. The van der Waals surface area contributed by atoms with Gasteiger partial charge < -0.3 is 0 Å². The Morgan fingerprint density at radius 1 is 1.00 bits per heavy atom. The van der Waals surface area contributed by atoms with Gasteiger partial charge in [-0.2, -0.15) is 0 Å². The summed E-state index contributed by atoms with van der Waals surface area (Å²) in [5, 5.41) is 1.01. The molecule has 1 nitrogen and oxygen atoms in total. The highest BCUT2D eigenvalue weighted by molar-refractivity contribution is 7.98. The fourth-order valence-electron chi connectivity index (χ4n) is 1.24. The van der Waals surface area contributed by atoms with Gasteiger partial charge in [0.05, 0.1) is 10.0 Å². The van der Waals surface area contributed by atoms with Crippen molar-refractivity contribution in [3.05, 3.63) is 63.9 Å². The number of hydrogen-bond acceptors (Lipinski definition) is 2. The minimum Gasteiger partial charge on any atom is -0.219 e. The van der Waals surface area contributed by atoms with E-state index in [1.807, 2.05) is 6.07 Å². The van der Waals surface area contributed by atoms with Crippen molar-refractivity contribution >= 4 is 41.4 Å². The molecule has 5 heteroatoms. The van der Waals surface area contributed by atoms with E-state index >= 15 is 0 Å². The Hall–Kier alpha value is -1.03. The van der Waals surface area contributed by atoms with E-state index in [4.69, 9.17) is 23.2 Å². The molecule has 0 aromatic heterocycles. The Balaban J connectivity index is 2.02. The smallest absolute Gasteiger partial charge is 0.123 e. The normalized spacial score (nSPS) is 11.1. The molecule has 0 aliphatic heterocycles. The number of halogens is 3. The van der Waals surface area contributed by atoms with Crippen molar-refractivity contribution in [1.29, 1.82) is 0 Å². The lowest BCUT2D eigenvalue weighted by atomic mass is 10.2. The van der Waals surface area contributed by atoms with Gasteiger partial charge in [-0.1, -0.05) is 29.3 Å². The van der Waals surface area contributed by atoms with E-state index in [9.17, 15) is 4.39 Å². The van der Waals surface area contributed by atoms with Gasteiger partial charge in [-0.15, -0.1) is 0 Å². The summed E-state index contributed by atoms with van der Waals surface area (Å²) in [6.07, 6.45) is 1.68. The molecule has 0 aliphatic carbocycles. The minimum absolute atomic E-state index is 0.257. The van der Waals surface area contributed by atoms with Crippen molar-refractivity contribution < 1.29 is 4.39 Å². The fraction of sp³-hybridized carbons (Fsp3) is 0. The Morgan fingerprint density at radius 3 is 2.39 bits per heavy atom. The molecule has 0 aliphatic rings. The van der Waals surface area contributed by atoms with E-state index in [1.54, 1.807) is 30.5 Å². The summed E-state index contributed by atoms with van der Waals surface area (Å²) >= 11 is 13.0. The molecule has 2 rings (SSSR count). The van der Waals surface area contributed by atoms with E-state index < -0.39 is 0 Å². The molecule has 0 saturated carbocycles. The third-order valence-electron chi connectivity index (χ3n) is 2.12. The maximum absolute atomic E-state index is 12.7.